The fourth-order valence-corrected chi connectivity index (χ4v) is 2.90. The van der Waals surface area contributed by atoms with Crippen LogP contribution in [0.1, 0.15) is 16.7 Å². The van der Waals surface area contributed by atoms with Crippen LogP contribution in [0.15, 0.2) is 72.8 Å². The van der Waals surface area contributed by atoms with Crippen molar-refractivity contribution in [3.05, 3.63) is 99.6 Å². The molecule has 0 heterocycles. The first-order chi connectivity index (χ1) is 13.5. The van der Waals surface area contributed by atoms with E-state index in [1.54, 1.807) is 13.0 Å². The van der Waals surface area contributed by atoms with Gasteiger partial charge in [0.1, 0.15) is 5.75 Å². The number of nitrogens with zero attached hydrogens (tertiary/aromatic N) is 1. The van der Waals surface area contributed by atoms with E-state index in [2.05, 4.69) is 5.32 Å². The number of anilines is 1. The van der Waals surface area contributed by atoms with Gasteiger partial charge >= 0.3 is 0 Å². The number of nitro groups is 1. The summed E-state index contributed by atoms with van der Waals surface area (Å²) in [6.45, 7) is 1.36. The van der Waals surface area contributed by atoms with Crippen LogP contribution in [0.4, 0.5) is 11.4 Å². The van der Waals surface area contributed by atoms with Crippen molar-refractivity contribution in [3.63, 3.8) is 0 Å². The van der Waals surface area contributed by atoms with Gasteiger partial charge in [-0.2, -0.15) is 0 Å². The summed E-state index contributed by atoms with van der Waals surface area (Å²) < 4.78 is 5.50. The second kappa shape index (κ2) is 8.81. The SMILES string of the molecule is Cc1c(OCC(=O)Nc2ccccc2Cc2ccccc2)cccc1[N+](=O)[O-]. The van der Waals surface area contributed by atoms with E-state index in [1.165, 1.54) is 12.1 Å². The van der Waals surface area contributed by atoms with Crippen LogP contribution in [-0.4, -0.2) is 17.4 Å². The van der Waals surface area contributed by atoms with Crippen LogP contribution >= 0.6 is 0 Å². The highest BCUT2D eigenvalue weighted by atomic mass is 16.6. The van der Waals surface area contributed by atoms with E-state index in [0.717, 1.165) is 16.8 Å². The minimum Gasteiger partial charge on any atom is -0.483 e. The monoisotopic (exact) mass is 376 g/mol. The number of hydrogen-bond acceptors (Lipinski definition) is 4. The first kappa shape index (κ1) is 19.1. The van der Waals surface area contributed by atoms with Crippen molar-refractivity contribution in [1.82, 2.24) is 0 Å². The zero-order valence-electron chi connectivity index (χ0n) is 15.4. The predicted molar refractivity (Wildman–Crippen MR) is 108 cm³/mol. The summed E-state index contributed by atoms with van der Waals surface area (Å²) in [5, 5.41) is 13.9. The summed E-state index contributed by atoms with van der Waals surface area (Å²) in [6.07, 6.45) is 0.697. The molecular formula is C22H20N2O4. The van der Waals surface area contributed by atoms with Gasteiger partial charge in [0.25, 0.3) is 11.6 Å². The van der Waals surface area contributed by atoms with Gasteiger partial charge in [-0.15, -0.1) is 0 Å². The molecule has 0 fully saturated rings. The Morgan fingerprint density at radius 3 is 2.46 bits per heavy atom. The van der Waals surface area contributed by atoms with Gasteiger partial charge < -0.3 is 10.1 Å². The molecule has 0 bridgehead atoms. The summed E-state index contributed by atoms with van der Waals surface area (Å²) in [5.74, 6) is -0.00617. The maximum Gasteiger partial charge on any atom is 0.276 e. The van der Waals surface area contributed by atoms with E-state index in [9.17, 15) is 14.9 Å². The fraction of sp³-hybridized carbons (Fsp3) is 0.136. The topological polar surface area (TPSA) is 81.5 Å². The lowest BCUT2D eigenvalue weighted by atomic mass is 10.0. The largest absolute Gasteiger partial charge is 0.483 e. The van der Waals surface area contributed by atoms with Crippen molar-refractivity contribution < 1.29 is 14.5 Å². The van der Waals surface area contributed by atoms with E-state index in [4.69, 9.17) is 4.74 Å². The zero-order chi connectivity index (χ0) is 19.9. The number of benzene rings is 3. The van der Waals surface area contributed by atoms with Crippen molar-refractivity contribution in [3.8, 4) is 5.75 Å². The molecule has 3 aromatic carbocycles. The molecule has 0 radical (unpaired) electrons. The van der Waals surface area contributed by atoms with Crippen LogP contribution in [-0.2, 0) is 11.2 Å². The molecule has 0 aromatic heterocycles. The van der Waals surface area contributed by atoms with Gasteiger partial charge in [-0.25, -0.2) is 0 Å². The smallest absolute Gasteiger partial charge is 0.276 e. The Morgan fingerprint density at radius 2 is 1.71 bits per heavy atom. The number of carbonyl (C=O) groups excluding carboxylic acids is 1. The van der Waals surface area contributed by atoms with Crippen molar-refractivity contribution in [2.75, 3.05) is 11.9 Å². The van der Waals surface area contributed by atoms with Gasteiger partial charge in [-0.3, -0.25) is 14.9 Å². The van der Waals surface area contributed by atoms with E-state index in [0.29, 0.717) is 17.7 Å². The van der Waals surface area contributed by atoms with Crippen molar-refractivity contribution in [2.45, 2.75) is 13.3 Å². The van der Waals surface area contributed by atoms with Gasteiger partial charge in [0, 0.05) is 11.8 Å². The molecule has 0 spiro atoms. The Hall–Kier alpha value is -3.67. The molecule has 1 N–H and O–H groups in total. The summed E-state index contributed by atoms with van der Waals surface area (Å²) in [7, 11) is 0. The van der Waals surface area contributed by atoms with Crippen molar-refractivity contribution >= 4 is 17.3 Å². The molecule has 6 nitrogen and oxygen atoms in total. The lowest BCUT2D eigenvalue weighted by Crippen LogP contribution is -2.21. The van der Waals surface area contributed by atoms with Crippen molar-refractivity contribution in [2.24, 2.45) is 0 Å². The molecule has 1 amide bonds. The summed E-state index contributed by atoms with van der Waals surface area (Å²) >= 11 is 0. The normalized spacial score (nSPS) is 10.3. The fourth-order valence-electron chi connectivity index (χ4n) is 2.90. The van der Waals surface area contributed by atoms with Gasteiger partial charge in [0.05, 0.1) is 10.5 Å². The second-order valence-electron chi connectivity index (χ2n) is 6.31. The third kappa shape index (κ3) is 4.73. The maximum absolute atomic E-state index is 12.4. The highest BCUT2D eigenvalue weighted by Crippen LogP contribution is 2.27. The number of amides is 1. The summed E-state index contributed by atoms with van der Waals surface area (Å²) in [6, 6.07) is 22.1. The van der Waals surface area contributed by atoms with Crippen LogP contribution in [0.3, 0.4) is 0 Å². The molecule has 3 rings (SSSR count). The van der Waals surface area contributed by atoms with Crippen LogP contribution < -0.4 is 10.1 Å². The molecule has 0 saturated carbocycles. The minimum atomic E-state index is -0.470. The van der Waals surface area contributed by atoms with E-state index >= 15 is 0 Å². The Labute approximate surface area is 162 Å². The van der Waals surface area contributed by atoms with Crippen LogP contribution in [0, 0.1) is 17.0 Å². The van der Waals surface area contributed by atoms with Crippen molar-refractivity contribution in [1.29, 1.82) is 0 Å². The lowest BCUT2D eigenvalue weighted by molar-refractivity contribution is -0.385. The second-order valence-corrected chi connectivity index (χ2v) is 6.31. The van der Waals surface area contributed by atoms with Crippen LogP contribution in [0.2, 0.25) is 0 Å². The Balaban J connectivity index is 1.66. The Morgan fingerprint density at radius 1 is 1.00 bits per heavy atom. The molecule has 0 unspecified atom stereocenters. The zero-order valence-corrected chi connectivity index (χ0v) is 15.4. The number of carbonyl (C=O) groups is 1. The number of nitrogens with one attached hydrogen (secondary N) is 1. The van der Waals surface area contributed by atoms with E-state index in [-0.39, 0.29) is 18.2 Å². The molecule has 0 aliphatic carbocycles. The Kier molecular flexibility index (Phi) is 6.01. The molecule has 6 heteroatoms. The van der Waals surface area contributed by atoms with Gasteiger partial charge in [-0.1, -0.05) is 54.6 Å². The first-order valence-electron chi connectivity index (χ1n) is 8.83. The maximum atomic E-state index is 12.4. The number of rotatable bonds is 7. The first-order valence-corrected chi connectivity index (χ1v) is 8.83. The van der Waals surface area contributed by atoms with Gasteiger partial charge in [0.2, 0.25) is 0 Å². The van der Waals surface area contributed by atoms with Gasteiger partial charge in [0.15, 0.2) is 6.61 Å². The van der Waals surface area contributed by atoms with Crippen LogP contribution in [0.5, 0.6) is 5.75 Å². The number of ether oxygens (including phenoxy) is 1. The van der Waals surface area contributed by atoms with Gasteiger partial charge in [-0.05, 0) is 36.6 Å². The highest BCUT2D eigenvalue weighted by Gasteiger charge is 2.15. The summed E-state index contributed by atoms with van der Waals surface area (Å²) in [4.78, 5) is 22.9. The molecule has 0 aliphatic heterocycles. The minimum absolute atomic E-state index is 0.0360. The predicted octanol–water partition coefficient (Wildman–Crippen LogP) is 4.51. The highest BCUT2D eigenvalue weighted by molar-refractivity contribution is 5.92. The molecule has 28 heavy (non-hydrogen) atoms. The van der Waals surface area contributed by atoms with E-state index in [1.807, 2.05) is 54.6 Å². The molecule has 0 aliphatic rings. The molecule has 0 atom stereocenters. The van der Waals surface area contributed by atoms with Crippen LogP contribution in [0.25, 0.3) is 0 Å². The third-order valence-corrected chi connectivity index (χ3v) is 4.34. The lowest BCUT2D eigenvalue weighted by Gasteiger charge is -2.13. The molecule has 3 aromatic rings. The molecular weight excluding hydrogens is 356 g/mol. The average Bonchev–Trinajstić information content (AvgIpc) is 2.69. The quantitative estimate of drug-likeness (QED) is 0.486. The van der Waals surface area contributed by atoms with E-state index < -0.39 is 4.92 Å². The molecule has 142 valence electrons. The Bertz CT molecular complexity index is 987. The number of nitro benzene ring substituents is 1. The number of para-hydroxylation sites is 1. The third-order valence-electron chi connectivity index (χ3n) is 4.34. The number of hydrogen-bond donors (Lipinski definition) is 1. The summed E-state index contributed by atoms with van der Waals surface area (Å²) in [5.41, 5.74) is 3.22. The standard InChI is InChI=1S/C22H20N2O4/c1-16-20(24(26)27)12-7-13-21(16)28-15-22(25)23-19-11-6-5-10-18(19)14-17-8-3-2-4-9-17/h2-13H,14-15H2,1H3,(H,23,25). The molecule has 0 saturated heterocycles. The average molecular weight is 376 g/mol.